The highest BCUT2D eigenvalue weighted by molar-refractivity contribution is 5.52. The highest BCUT2D eigenvalue weighted by Gasteiger charge is 2.40. The molecule has 2 heterocycles. The van der Waals surface area contributed by atoms with Crippen LogP contribution in [0.4, 0.5) is 14.5 Å². The van der Waals surface area contributed by atoms with Gasteiger partial charge in [0.05, 0.1) is 33.0 Å². The molecule has 0 aromatic heterocycles. The van der Waals surface area contributed by atoms with Gasteiger partial charge in [0, 0.05) is 50.2 Å². The van der Waals surface area contributed by atoms with Gasteiger partial charge in [-0.1, -0.05) is 30.3 Å². The number of benzene rings is 2. The van der Waals surface area contributed by atoms with E-state index < -0.39 is 17.4 Å². The third kappa shape index (κ3) is 5.09. The zero-order valence-electron chi connectivity index (χ0n) is 16.9. The van der Waals surface area contributed by atoms with E-state index in [4.69, 9.17) is 18.9 Å². The molecule has 2 fully saturated rings. The molecule has 0 bridgehead atoms. The summed E-state index contributed by atoms with van der Waals surface area (Å²) in [4.78, 5) is 2.01. The molecule has 5 nitrogen and oxygen atoms in total. The molecule has 0 radical (unpaired) electrons. The number of hydrogen-bond donors (Lipinski definition) is 0. The van der Waals surface area contributed by atoms with Crippen LogP contribution < -0.4 is 9.64 Å². The summed E-state index contributed by atoms with van der Waals surface area (Å²) in [6, 6.07) is 12.7. The summed E-state index contributed by atoms with van der Waals surface area (Å²) in [6.45, 7) is 3.77. The van der Waals surface area contributed by atoms with Gasteiger partial charge in [0.25, 0.3) is 0 Å². The Morgan fingerprint density at radius 2 is 1.70 bits per heavy atom. The highest BCUT2D eigenvalue weighted by atomic mass is 19.2. The summed E-state index contributed by atoms with van der Waals surface area (Å²) in [6.07, 6.45) is 1.97. The summed E-state index contributed by atoms with van der Waals surface area (Å²) in [7, 11) is 0. The van der Waals surface area contributed by atoms with Crippen molar-refractivity contribution in [2.45, 2.75) is 31.7 Å². The summed E-state index contributed by atoms with van der Waals surface area (Å²) in [5.41, 5.74) is 1.70. The molecular weight excluding hydrogens is 392 g/mol. The Labute approximate surface area is 175 Å². The lowest BCUT2D eigenvalue weighted by Gasteiger charge is -2.38. The molecule has 2 aromatic carbocycles. The predicted octanol–water partition coefficient (Wildman–Crippen LogP) is 4.29. The van der Waals surface area contributed by atoms with Crippen LogP contribution in [0, 0.1) is 11.6 Å². The third-order valence-corrected chi connectivity index (χ3v) is 5.49. The summed E-state index contributed by atoms with van der Waals surface area (Å²) < 4.78 is 50.9. The normalized spacial score (nSPS) is 18.1. The van der Waals surface area contributed by atoms with Gasteiger partial charge < -0.3 is 23.8 Å². The molecule has 2 aliphatic heterocycles. The lowest BCUT2D eigenvalue weighted by atomic mass is 10.0. The van der Waals surface area contributed by atoms with Crippen LogP contribution in [0.15, 0.2) is 42.5 Å². The molecule has 2 aliphatic rings. The average molecular weight is 419 g/mol. The van der Waals surface area contributed by atoms with Crippen molar-refractivity contribution in [3.05, 3.63) is 59.7 Å². The van der Waals surface area contributed by atoms with E-state index in [-0.39, 0.29) is 12.4 Å². The van der Waals surface area contributed by atoms with Gasteiger partial charge in [-0.15, -0.1) is 0 Å². The molecule has 0 N–H and O–H groups in total. The summed E-state index contributed by atoms with van der Waals surface area (Å²) >= 11 is 0. The number of nitrogens with zero attached hydrogens (tertiary/aromatic N) is 1. The van der Waals surface area contributed by atoms with Crippen molar-refractivity contribution in [2.24, 2.45) is 0 Å². The Balaban J connectivity index is 1.26. The van der Waals surface area contributed by atoms with E-state index in [1.807, 2.05) is 35.2 Å². The van der Waals surface area contributed by atoms with Crippen molar-refractivity contribution in [1.29, 1.82) is 0 Å². The first-order valence-electron chi connectivity index (χ1n) is 10.4. The van der Waals surface area contributed by atoms with Crippen molar-refractivity contribution in [1.82, 2.24) is 0 Å². The molecule has 30 heavy (non-hydrogen) atoms. The van der Waals surface area contributed by atoms with Gasteiger partial charge in [-0.25, -0.2) is 4.39 Å². The molecule has 0 saturated carbocycles. The van der Waals surface area contributed by atoms with Crippen LogP contribution in [-0.2, 0) is 20.8 Å². The van der Waals surface area contributed by atoms with Crippen molar-refractivity contribution >= 4 is 5.69 Å². The Bertz CT molecular complexity index is 817. The second-order valence-corrected chi connectivity index (χ2v) is 7.57. The second kappa shape index (κ2) is 9.73. The zero-order valence-corrected chi connectivity index (χ0v) is 16.9. The standard InChI is InChI=1S/C23H27F2NO4/c24-20-15-19(26-9-7-23(8-10-26)29-13-14-30-23)16-21(22(20)25)28-12-4-11-27-17-18-5-2-1-3-6-18/h1-3,5-6,15-16H,4,7-14,17H2. The van der Waals surface area contributed by atoms with Gasteiger partial charge in [-0.3, -0.25) is 0 Å². The van der Waals surface area contributed by atoms with Gasteiger partial charge in [-0.05, 0) is 5.56 Å². The van der Waals surface area contributed by atoms with E-state index in [9.17, 15) is 8.78 Å². The molecule has 162 valence electrons. The smallest absolute Gasteiger partial charge is 0.200 e. The zero-order chi connectivity index (χ0) is 20.8. The van der Waals surface area contributed by atoms with Crippen LogP contribution >= 0.6 is 0 Å². The van der Waals surface area contributed by atoms with Gasteiger partial charge in [0.2, 0.25) is 5.82 Å². The fourth-order valence-electron chi connectivity index (χ4n) is 3.84. The number of hydrogen-bond acceptors (Lipinski definition) is 5. The molecular formula is C23H27F2NO4. The minimum absolute atomic E-state index is 0.0679. The Kier molecular flexibility index (Phi) is 6.82. The van der Waals surface area contributed by atoms with E-state index in [0.717, 1.165) is 5.56 Å². The van der Waals surface area contributed by atoms with Crippen molar-refractivity contribution in [2.75, 3.05) is 44.4 Å². The minimum Gasteiger partial charge on any atom is -0.490 e. The average Bonchev–Trinajstić information content (AvgIpc) is 3.22. The van der Waals surface area contributed by atoms with Gasteiger partial charge in [-0.2, -0.15) is 4.39 Å². The molecule has 7 heteroatoms. The second-order valence-electron chi connectivity index (χ2n) is 7.57. The number of anilines is 1. The number of halogens is 2. The topological polar surface area (TPSA) is 40.2 Å². The fourth-order valence-corrected chi connectivity index (χ4v) is 3.84. The molecule has 2 aromatic rings. The lowest BCUT2D eigenvalue weighted by Crippen LogP contribution is -2.45. The van der Waals surface area contributed by atoms with Crippen LogP contribution in [-0.4, -0.2) is 45.3 Å². The van der Waals surface area contributed by atoms with Crippen molar-refractivity contribution in [3.8, 4) is 5.75 Å². The molecule has 0 unspecified atom stereocenters. The molecule has 2 saturated heterocycles. The maximum Gasteiger partial charge on any atom is 0.200 e. The first-order valence-corrected chi connectivity index (χ1v) is 10.4. The number of rotatable bonds is 8. The maximum atomic E-state index is 14.2. The van der Waals surface area contributed by atoms with E-state index in [2.05, 4.69) is 0 Å². The van der Waals surface area contributed by atoms with Crippen LogP contribution in [0.2, 0.25) is 0 Å². The van der Waals surface area contributed by atoms with Gasteiger partial charge >= 0.3 is 0 Å². The van der Waals surface area contributed by atoms with Crippen LogP contribution in [0.1, 0.15) is 24.8 Å². The summed E-state index contributed by atoms with van der Waals surface area (Å²) in [5.74, 6) is -2.44. The van der Waals surface area contributed by atoms with Crippen molar-refractivity contribution < 1.29 is 27.7 Å². The fraction of sp³-hybridized carbons (Fsp3) is 0.478. The number of piperidine rings is 1. The Morgan fingerprint density at radius 1 is 0.967 bits per heavy atom. The van der Waals surface area contributed by atoms with Gasteiger partial charge in [0.1, 0.15) is 0 Å². The van der Waals surface area contributed by atoms with Crippen LogP contribution in [0.5, 0.6) is 5.75 Å². The Hall–Kier alpha value is -2.22. The third-order valence-electron chi connectivity index (χ3n) is 5.49. The highest BCUT2D eigenvalue weighted by Crippen LogP contribution is 2.35. The van der Waals surface area contributed by atoms with E-state index in [1.54, 1.807) is 6.07 Å². The van der Waals surface area contributed by atoms with Crippen LogP contribution in [0.3, 0.4) is 0 Å². The SMILES string of the molecule is Fc1cc(N2CCC3(CC2)OCCO3)cc(OCCCOCc2ccccc2)c1F. The van der Waals surface area contributed by atoms with Crippen LogP contribution in [0.25, 0.3) is 0 Å². The number of ether oxygens (including phenoxy) is 4. The largest absolute Gasteiger partial charge is 0.490 e. The summed E-state index contributed by atoms with van der Waals surface area (Å²) in [5, 5.41) is 0. The Morgan fingerprint density at radius 3 is 2.43 bits per heavy atom. The molecule has 1 spiro atoms. The monoisotopic (exact) mass is 419 g/mol. The maximum absolute atomic E-state index is 14.2. The first kappa shape index (κ1) is 21.0. The van der Waals surface area contributed by atoms with E-state index in [1.165, 1.54) is 6.07 Å². The molecule has 0 atom stereocenters. The van der Waals surface area contributed by atoms with E-state index >= 15 is 0 Å². The van der Waals surface area contributed by atoms with Crippen molar-refractivity contribution in [3.63, 3.8) is 0 Å². The predicted molar refractivity (Wildman–Crippen MR) is 109 cm³/mol. The molecule has 0 amide bonds. The molecule has 4 rings (SSSR count). The quantitative estimate of drug-likeness (QED) is 0.597. The molecule has 0 aliphatic carbocycles. The minimum atomic E-state index is -0.958. The lowest BCUT2D eigenvalue weighted by molar-refractivity contribution is -0.169. The first-order chi connectivity index (χ1) is 14.7. The van der Waals surface area contributed by atoms with Gasteiger partial charge in [0.15, 0.2) is 17.4 Å². The van der Waals surface area contributed by atoms with E-state index in [0.29, 0.717) is 64.5 Å².